The lowest BCUT2D eigenvalue weighted by molar-refractivity contribution is -0.167. The second-order valence-electron chi connectivity index (χ2n) is 20.6. The fourth-order valence-corrected chi connectivity index (χ4v) is 8.92. The number of esters is 3. The van der Waals surface area contributed by atoms with Gasteiger partial charge in [-0.1, -0.05) is 281 Å². The van der Waals surface area contributed by atoms with Crippen molar-refractivity contribution < 1.29 is 28.6 Å². The van der Waals surface area contributed by atoms with E-state index in [0.717, 1.165) is 96.3 Å². The van der Waals surface area contributed by atoms with Crippen LogP contribution in [0, 0.1) is 0 Å². The Morgan fingerprint density at radius 2 is 0.592 bits per heavy atom. The maximum Gasteiger partial charge on any atom is 0.306 e. The summed E-state index contributed by atoms with van der Waals surface area (Å²) in [5.41, 5.74) is 0. The van der Waals surface area contributed by atoms with Gasteiger partial charge in [0.1, 0.15) is 13.2 Å². The first kappa shape index (κ1) is 68.1. The summed E-state index contributed by atoms with van der Waals surface area (Å²) in [6, 6.07) is 0. The normalized spacial score (nSPS) is 12.4. The molecule has 0 aromatic heterocycles. The van der Waals surface area contributed by atoms with E-state index in [1.165, 1.54) is 180 Å². The van der Waals surface area contributed by atoms with Crippen LogP contribution in [0.4, 0.5) is 0 Å². The number of rotatable bonds is 56. The first-order valence-electron chi connectivity index (χ1n) is 30.8. The summed E-state index contributed by atoms with van der Waals surface area (Å²) in [7, 11) is 0. The number of allylic oxidation sites excluding steroid dienone is 10. The number of hydrogen-bond acceptors (Lipinski definition) is 6. The van der Waals surface area contributed by atoms with Crippen molar-refractivity contribution >= 4 is 17.9 Å². The molecule has 0 aromatic carbocycles. The fourth-order valence-electron chi connectivity index (χ4n) is 8.92. The Labute approximate surface area is 440 Å². The molecule has 0 aromatic rings. The molecule has 0 amide bonds. The fraction of sp³-hybridized carbons (Fsp3) is 0.800. The molecule has 0 N–H and O–H groups in total. The van der Waals surface area contributed by atoms with Gasteiger partial charge in [-0.2, -0.15) is 0 Å². The average Bonchev–Trinajstić information content (AvgIpc) is 3.37. The summed E-state index contributed by atoms with van der Waals surface area (Å²) in [5.74, 6) is -0.883. The van der Waals surface area contributed by atoms with Crippen LogP contribution in [0.2, 0.25) is 0 Å². The lowest BCUT2D eigenvalue weighted by Gasteiger charge is -2.18. The van der Waals surface area contributed by atoms with Gasteiger partial charge in [-0.3, -0.25) is 14.4 Å². The molecule has 1 unspecified atom stereocenters. The molecule has 0 aliphatic heterocycles. The van der Waals surface area contributed by atoms with E-state index < -0.39 is 6.10 Å². The van der Waals surface area contributed by atoms with Crippen molar-refractivity contribution in [2.45, 2.75) is 322 Å². The molecule has 0 radical (unpaired) electrons. The first-order chi connectivity index (χ1) is 35.0. The zero-order valence-corrected chi connectivity index (χ0v) is 47.2. The van der Waals surface area contributed by atoms with Gasteiger partial charge in [-0.25, -0.2) is 0 Å². The third-order valence-corrected chi connectivity index (χ3v) is 13.5. The number of unbranched alkanes of at least 4 members (excludes halogenated alkanes) is 36. The summed E-state index contributed by atoms with van der Waals surface area (Å²) in [6.45, 7) is 6.55. The van der Waals surface area contributed by atoms with Crippen LogP contribution in [0.25, 0.3) is 0 Å². The summed E-state index contributed by atoms with van der Waals surface area (Å²) >= 11 is 0. The molecular weight excluding hydrogens is 877 g/mol. The summed E-state index contributed by atoms with van der Waals surface area (Å²) in [4.78, 5) is 38.3. The predicted molar refractivity (Wildman–Crippen MR) is 307 cm³/mol. The van der Waals surface area contributed by atoms with Gasteiger partial charge < -0.3 is 14.2 Å². The Bertz CT molecular complexity index is 1280. The van der Waals surface area contributed by atoms with E-state index in [0.29, 0.717) is 19.3 Å². The van der Waals surface area contributed by atoms with Gasteiger partial charge in [0.15, 0.2) is 6.10 Å². The highest BCUT2D eigenvalue weighted by atomic mass is 16.6. The summed E-state index contributed by atoms with van der Waals surface area (Å²) < 4.78 is 16.9. The lowest BCUT2D eigenvalue weighted by Crippen LogP contribution is -2.30. The van der Waals surface area contributed by atoms with Crippen molar-refractivity contribution in [3.8, 4) is 0 Å². The predicted octanol–water partition coefficient (Wildman–Crippen LogP) is 20.8. The molecule has 0 rings (SSSR count). The molecular formula is C65H116O6. The topological polar surface area (TPSA) is 78.9 Å². The second kappa shape index (κ2) is 59.7. The molecule has 0 heterocycles. The van der Waals surface area contributed by atoms with Crippen molar-refractivity contribution in [1.29, 1.82) is 0 Å². The Hall–Kier alpha value is -2.89. The van der Waals surface area contributed by atoms with Gasteiger partial charge in [0.25, 0.3) is 0 Å². The summed E-state index contributed by atoms with van der Waals surface area (Å²) in [5, 5.41) is 0. The van der Waals surface area contributed by atoms with E-state index in [2.05, 4.69) is 81.5 Å². The number of carbonyl (C=O) groups excluding carboxylic acids is 3. The van der Waals surface area contributed by atoms with E-state index in [-0.39, 0.29) is 31.1 Å². The van der Waals surface area contributed by atoms with Crippen LogP contribution in [-0.4, -0.2) is 37.2 Å². The van der Waals surface area contributed by atoms with E-state index in [9.17, 15) is 14.4 Å². The lowest BCUT2D eigenvalue weighted by atomic mass is 10.0. The van der Waals surface area contributed by atoms with Crippen LogP contribution in [0.15, 0.2) is 60.8 Å². The van der Waals surface area contributed by atoms with Crippen LogP contribution in [0.3, 0.4) is 0 Å². The van der Waals surface area contributed by atoms with Crippen molar-refractivity contribution in [1.82, 2.24) is 0 Å². The molecule has 1 atom stereocenters. The van der Waals surface area contributed by atoms with Crippen molar-refractivity contribution in [3.05, 3.63) is 60.8 Å². The average molecular weight is 994 g/mol. The second-order valence-corrected chi connectivity index (χ2v) is 20.6. The third-order valence-electron chi connectivity index (χ3n) is 13.5. The molecule has 0 bridgehead atoms. The zero-order chi connectivity index (χ0) is 51.4. The van der Waals surface area contributed by atoms with E-state index in [1.54, 1.807) is 0 Å². The number of hydrogen-bond donors (Lipinski definition) is 0. The Balaban J connectivity index is 4.38. The molecule has 6 nitrogen and oxygen atoms in total. The molecule has 0 saturated carbocycles. The van der Waals surface area contributed by atoms with Gasteiger partial charge in [0.05, 0.1) is 0 Å². The Morgan fingerprint density at radius 1 is 0.310 bits per heavy atom. The van der Waals surface area contributed by atoms with Crippen molar-refractivity contribution in [2.75, 3.05) is 13.2 Å². The standard InChI is InChI=1S/C65H116O6/c1-4-7-10-13-16-19-22-25-28-31-33-35-37-40-43-46-49-52-55-58-64(67)70-61-62(60-69-63(66)57-54-51-48-45-42-39-36-30-27-24-21-18-15-12-9-6-3)71-65(68)59-56-53-50-47-44-41-38-34-32-29-26-23-20-17-14-11-8-5-2/h7,10,16,19,25,28-29,32,34,38,62H,4-6,8-9,11-15,17-18,20-24,26-27,30-31,33,35-37,39-61H2,1-3H3/b10-7-,19-16-,28-25-,32-29-,38-34-. The minimum atomic E-state index is -0.784. The molecule has 412 valence electrons. The van der Waals surface area contributed by atoms with Crippen molar-refractivity contribution in [2.24, 2.45) is 0 Å². The maximum atomic E-state index is 12.9. The molecule has 0 aliphatic rings. The molecule has 6 heteroatoms. The van der Waals surface area contributed by atoms with Crippen molar-refractivity contribution in [3.63, 3.8) is 0 Å². The molecule has 0 aliphatic carbocycles. The van der Waals surface area contributed by atoms with Crippen LogP contribution >= 0.6 is 0 Å². The molecule has 0 spiro atoms. The highest BCUT2D eigenvalue weighted by Gasteiger charge is 2.19. The van der Waals surface area contributed by atoms with Gasteiger partial charge in [-0.15, -0.1) is 0 Å². The van der Waals surface area contributed by atoms with Crippen LogP contribution < -0.4 is 0 Å². The van der Waals surface area contributed by atoms with E-state index in [4.69, 9.17) is 14.2 Å². The molecule has 71 heavy (non-hydrogen) atoms. The van der Waals surface area contributed by atoms with Gasteiger partial charge >= 0.3 is 17.9 Å². The van der Waals surface area contributed by atoms with Gasteiger partial charge in [0.2, 0.25) is 0 Å². The number of ether oxygens (including phenoxy) is 3. The van der Waals surface area contributed by atoms with Crippen LogP contribution in [0.1, 0.15) is 316 Å². The van der Waals surface area contributed by atoms with E-state index >= 15 is 0 Å². The van der Waals surface area contributed by atoms with E-state index in [1.807, 2.05) is 0 Å². The highest BCUT2D eigenvalue weighted by molar-refractivity contribution is 5.71. The Morgan fingerprint density at radius 3 is 0.944 bits per heavy atom. The first-order valence-corrected chi connectivity index (χ1v) is 30.8. The largest absolute Gasteiger partial charge is 0.462 e. The third kappa shape index (κ3) is 57.9. The molecule has 0 saturated heterocycles. The Kier molecular flexibility index (Phi) is 57.2. The maximum absolute atomic E-state index is 12.9. The van der Waals surface area contributed by atoms with Gasteiger partial charge in [-0.05, 0) is 77.0 Å². The monoisotopic (exact) mass is 993 g/mol. The van der Waals surface area contributed by atoms with Crippen LogP contribution in [-0.2, 0) is 28.6 Å². The zero-order valence-electron chi connectivity index (χ0n) is 47.2. The van der Waals surface area contributed by atoms with Gasteiger partial charge in [0, 0.05) is 19.3 Å². The number of carbonyl (C=O) groups is 3. The smallest absolute Gasteiger partial charge is 0.306 e. The minimum absolute atomic E-state index is 0.0791. The SMILES string of the molecule is CC/C=C\C/C=C\C/C=C\CCCCCCCCCCCC(=O)OCC(COC(=O)CCCCCCCCCCCCCCCCCC)OC(=O)CCCCCCC/C=C\C=C/CCCCCCCCC. The minimum Gasteiger partial charge on any atom is -0.462 e. The molecule has 0 fully saturated rings. The quantitative estimate of drug-likeness (QED) is 0.0199. The highest BCUT2D eigenvalue weighted by Crippen LogP contribution is 2.17. The summed E-state index contributed by atoms with van der Waals surface area (Å²) in [6.07, 6.45) is 75.0. The van der Waals surface area contributed by atoms with Crippen LogP contribution in [0.5, 0.6) is 0 Å².